The molecular weight excluding hydrogens is 366 g/mol. The first-order chi connectivity index (χ1) is 13.7. The van der Waals surface area contributed by atoms with Crippen molar-refractivity contribution >= 4 is 28.9 Å². The van der Waals surface area contributed by atoms with Gasteiger partial charge < -0.3 is 4.57 Å². The van der Waals surface area contributed by atoms with Crippen molar-refractivity contribution in [3.05, 3.63) is 96.3 Å². The van der Waals surface area contributed by atoms with E-state index < -0.39 is 0 Å². The van der Waals surface area contributed by atoms with Crippen molar-refractivity contribution in [1.82, 2.24) is 14.3 Å². The second-order valence-electron chi connectivity index (χ2n) is 6.73. The van der Waals surface area contributed by atoms with Gasteiger partial charge in [-0.15, -0.1) is 0 Å². The quantitative estimate of drug-likeness (QED) is 0.476. The molecule has 0 spiro atoms. The average Bonchev–Trinajstić information content (AvgIpc) is 3.16. The Morgan fingerprint density at radius 1 is 1.00 bits per heavy atom. The predicted molar refractivity (Wildman–Crippen MR) is 114 cm³/mol. The molecule has 1 aromatic heterocycles. The van der Waals surface area contributed by atoms with Gasteiger partial charge in [-0.25, -0.2) is 4.98 Å². The van der Waals surface area contributed by atoms with E-state index in [1.54, 1.807) is 6.33 Å². The Morgan fingerprint density at radius 3 is 2.50 bits per heavy atom. The fourth-order valence-corrected chi connectivity index (χ4v) is 3.79. The lowest BCUT2D eigenvalue weighted by molar-refractivity contribution is -0.122. The van der Waals surface area contributed by atoms with E-state index in [4.69, 9.17) is 0 Å². The molecule has 0 fully saturated rings. The molecule has 3 aromatic carbocycles. The van der Waals surface area contributed by atoms with Crippen LogP contribution < -0.4 is 4.72 Å². The van der Waals surface area contributed by atoms with Crippen LogP contribution in [0.2, 0.25) is 0 Å². The van der Waals surface area contributed by atoms with Gasteiger partial charge in [0.05, 0.1) is 17.4 Å². The van der Waals surface area contributed by atoms with Crippen molar-refractivity contribution in [3.63, 3.8) is 0 Å². The maximum Gasteiger partial charge on any atom is 0.253 e. The van der Waals surface area contributed by atoms with Crippen molar-refractivity contribution in [2.45, 2.75) is 24.3 Å². The van der Waals surface area contributed by atoms with Crippen LogP contribution in [-0.4, -0.2) is 15.5 Å². The number of para-hydroxylation sites is 2. The van der Waals surface area contributed by atoms with Crippen LogP contribution >= 0.6 is 11.9 Å². The Balaban J connectivity index is 1.60. The molecule has 1 unspecified atom stereocenters. The van der Waals surface area contributed by atoms with E-state index in [0.717, 1.165) is 21.5 Å². The molecule has 0 aliphatic heterocycles. The van der Waals surface area contributed by atoms with Crippen molar-refractivity contribution in [3.8, 4) is 0 Å². The van der Waals surface area contributed by atoms with E-state index in [1.807, 2.05) is 90.4 Å². The summed E-state index contributed by atoms with van der Waals surface area (Å²) in [5.74, 6) is -0.0439. The third-order valence-electron chi connectivity index (χ3n) is 4.68. The van der Waals surface area contributed by atoms with Crippen LogP contribution in [-0.2, 0) is 11.2 Å². The van der Waals surface area contributed by atoms with E-state index >= 15 is 0 Å². The van der Waals surface area contributed by atoms with Crippen molar-refractivity contribution in [2.75, 3.05) is 0 Å². The molecular formula is C23H21N3OS. The summed E-state index contributed by atoms with van der Waals surface area (Å²) >= 11 is 1.35. The highest BCUT2D eigenvalue weighted by molar-refractivity contribution is 7.98. The number of carbonyl (C=O) groups excluding carboxylic acids is 1. The zero-order valence-corrected chi connectivity index (χ0v) is 16.4. The molecule has 0 radical (unpaired) electrons. The summed E-state index contributed by atoms with van der Waals surface area (Å²) in [5.41, 5.74) is 4.15. The van der Waals surface area contributed by atoms with Crippen LogP contribution in [0.15, 0.2) is 90.1 Å². The molecule has 140 valence electrons. The summed E-state index contributed by atoms with van der Waals surface area (Å²) in [7, 11) is 0. The third kappa shape index (κ3) is 4.10. The molecule has 1 heterocycles. The predicted octanol–water partition coefficient (Wildman–Crippen LogP) is 4.95. The number of nitrogens with one attached hydrogen (secondary N) is 1. The van der Waals surface area contributed by atoms with Gasteiger partial charge in [-0.2, -0.15) is 0 Å². The zero-order valence-electron chi connectivity index (χ0n) is 15.6. The van der Waals surface area contributed by atoms with E-state index in [-0.39, 0.29) is 11.9 Å². The van der Waals surface area contributed by atoms with Gasteiger partial charge in [-0.3, -0.25) is 9.52 Å². The molecule has 4 nitrogen and oxygen atoms in total. The molecule has 0 saturated carbocycles. The Labute approximate surface area is 168 Å². The third-order valence-corrected chi connectivity index (χ3v) is 5.49. The van der Waals surface area contributed by atoms with Crippen molar-refractivity contribution in [1.29, 1.82) is 0 Å². The van der Waals surface area contributed by atoms with E-state index in [1.165, 1.54) is 17.5 Å². The Hall–Kier alpha value is -3.05. The fourth-order valence-electron chi connectivity index (χ4n) is 3.16. The van der Waals surface area contributed by atoms with Crippen LogP contribution in [0.25, 0.3) is 11.0 Å². The number of nitrogens with zero attached hydrogens (tertiary/aromatic N) is 2. The van der Waals surface area contributed by atoms with Gasteiger partial charge in [-0.05, 0) is 48.7 Å². The molecule has 4 aromatic rings. The van der Waals surface area contributed by atoms with Crippen LogP contribution in [0, 0.1) is 6.92 Å². The van der Waals surface area contributed by atoms with E-state index in [0.29, 0.717) is 6.42 Å². The molecule has 0 aliphatic rings. The summed E-state index contributed by atoms with van der Waals surface area (Å²) in [5, 5.41) is 0. The van der Waals surface area contributed by atoms with Gasteiger partial charge in [0.15, 0.2) is 0 Å². The van der Waals surface area contributed by atoms with Gasteiger partial charge in [0.2, 0.25) is 0 Å². The number of aromatic nitrogens is 2. The van der Waals surface area contributed by atoms with Crippen LogP contribution in [0.3, 0.4) is 0 Å². The topological polar surface area (TPSA) is 46.9 Å². The lowest BCUT2D eigenvalue weighted by atomic mass is 10.1. The summed E-state index contributed by atoms with van der Waals surface area (Å²) in [4.78, 5) is 18.6. The highest BCUT2D eigenvalue weighted by Gasteiger charge is 2.23. The zero-order chi connectivity index (χ0) is 19.3. The molecule has 0 saturated heterocycles. The van der Waals surface area contributed by atoms with Gasteiger partial charge in [0.1, 0.15) is 6.04 Å². The smallest absolute Gasteiger partial charge is 0.253 e. The Bertz CT molecular complexity index is 1070. The number of fused-ring (bicyclic) bond motifs is 1. The molecule has 0 aliphatic carbocycles. The lowest BCUT2D eigenvalue weighted by Crippen LogP contribution is -2.29. The minimum Gasteiger partial charge on any atom is -0.318 e. The summed E-state index contributed by atoms with van der Waals surface area (Å²) in [6.07, 6.45) is 2.36. The van der Waals surface area contributed by atoms with Crippen LogP contribution in [0.5, 0.6) is 0 Å². The summed E-state index contributed by atoms with van der Waals surface area (Å²) < 4.78 is 4.99. The summed E-state index contributed by atoms with van der Waals surface area (Å²) in [6, 6.07) is 25.7. The first-order valence-electron chi connectivity index (χ1n) is 9.19. The molecule has 1 amide bonds. The monoisotopic (exact) mass is 387 g/mol. The van der Waals surface area contributed by atoms with Crippen molar-refractivity contribution in [2.24, 2.45) is 0 Å². The maximum absolute atomic E-state index is 13.1. The normalized spacial score (nSPS) is 12.0. The molecule has 5 heteroatoms. The molecule has 4 rings (SSSR count). The minimum atomic E-state index is -0.382. The first-order valence-corrected chi connectivity index (χ1v) is 10.0. The highest BCUT2D eigenvalue weighted by Crippen LogP contribution is 2.23. The average molecular weight is 388 g/mol. The molecule has 28 heavy (non-hydrogen) atoms. The number of aryl methyl sites for hydroxylation is 1. The summed E-state index contributed by atoms with van der Waals surface area (Å²) in [6.45, 7) is 2.05. The van der Waals surface area contributed by atoms with Gasteiger partial charge in [0, 0.05) is 11.3 Å². The number of rotatable bonds is 6. The van der Waals surface area contributed by atoms with Crippen molar-refractivity contribution < 1.29 is 4.79 Å². The molecule has 1 atom stereocenters. The minimum absolute atomic E-state index is 0.0439. The fraction of sp³-hybridized carbons (Fsp3) is 0.130. The SMILES string of the molecule is Cc1ccc(SNC(=O)C(Cc2ccccc2)n2cnc3ccccc32)cc1. The second-order valence-corrected chi connectivity index (χ2v) is 7.61. The number of imidazole rings is 1. The van der Waals surface area contributed by atoms with Gasteiger partial charge >= 0.3 is 0 Å². The standard InChI is InChI=1S/C23H21N3OS/c1-17-11-13-19(14-12-17)28-25-23(27)22(15-18-7-3-2-4-8-18)26-16-24-20-9-5-6-10-21(20)26/h2-14,16,22H,15H2,1H3,(H,25,27). The lowest BCUT2D eigenvalue weighted by Gasteiger charge is -2.19. The van der Waals surface area contributed by atoms with Crippen LogP contribution in [0.1, 0.15) is 17.2 Å². The van der Waals surface area contributed by atoms with E-state index in [2.05, 4.69) is 9.71 Å². The number of hydrogen-bond donors (Lipinski definition) is 1. The number of amides is 1. The molecule has 1 N–H and O–H groups in total. The Morgan fingerprint density at radius 2 is 1.71 bits per heavy atom. The van der Waals surface area contributed by atoms with Crippen LogP contribution in [0.4, 0.5) is 0 Å². The van der Waals surface area contributed by atoms with Gasteiger partial charge in [-0.1, -0.05) is 60.2 Å². The van der Waals surface area contributed by atoms with E-state index in [9.17, 15) is 4.79 Å². The maximum atomic E-state index is 13.1. The largest absolute Gasteiger partial charge is 0.318 e. The first kappa shape index (κ1) is 18.3. The highest BCUT2D eigenvalue weighted by atomic mass is 32.2. The number of carbonyl (C=O) groups is 1. The Kier molecular flexibility index (Phi) is 5.44. The molecule has 0 bridgehead atoms. The second kappa shape index (κ2) is 8.31. The number of hydrogen-bond acceptors (Lipinski definition) is 3. The number of benzene rings is 3. The van der Waals surface area contributed by atoms with Gasteiger partial charge in [0.25, 0.3) is 5.91 Å².